The number of carbonyl (C=O) groups is 1. The molecule has 9 nitrogen and oxygen atoms in total. The summed E-state index contributed by atoms with van der Waals surface area (Å²) in [6.45, 7) is 0. The van der Waals surface area contributed by atoms with Crippen molar-refractivity contribution in [2.75, 3.05) is 4.72 Å². The first-order valence-corrected chi connectivity index (χ1v) is 6.84. The minimum Gasteiger partial charge on any atom is -0.477 e. The number of thiophene rings is 1. The molecule has 2 N–H and O–H groups in total. The topological polar surface area (TPSA) is 127 Å². The molecule has 2 aromatic heterocycles. The molecule has 0 spiro atoms. The van der Waals surface area contributed by atoms with Gasteiger partial charge in [-0.3, -0.25) is 0 Å². The van der Waals surface area contributed by atoms with Gasteiger partial charge in [0.2, 0.25) is 0 Å². The molecule has 0 amide bonds. The van der Waals surface area contributed by atoms with E-state index in [-0.39, 0.29) is 15.7 Å². The van der Waals surface area contributed by atoms with Crippen molar-refractivity contribution in [3.63, 3.8) is 0 Å². The Morgan fingerprint density at radius 1 is 1.56 bits per heavy atom. The Bertz CT molecular complexity index is 688. The largest absolute Gasteiger partial charge is 0.477 e. The number of rotatable bonds is 4. The number of aromatic nitrogens is 4. The van der Waals surface area contributed by atoms with Crippen LogP contribution in [0.3, 0.4) is 0 Å². The fourth-order valence-corrected chi connectivity index (χ4v) is 3.36. The first kappa shape index (κ1) is 12.4. The molecule has 0 saturated carbocycles. The summed E-state index contributed by atoms with van der Waals surface area (Å²) in [7, 11) is -2.56. The normalized spacial score (nSPS) is 11.4. The summed E-state index contributed by atoms with van der Waals surface area (Å²) < 4.78 is 25.9. The standard InChI is InChI=1S/C7H7N5O4S2/c1-12-9-7(8-11-12)10-18(15,16)4-2-3-17-5(4)6(13)14/h2-3H,1H3,(H,9,10)(H,13,14). The SMILES string of the molecule is Cn1nnc(NS(=O)(=O)c2ccsc2C(=O)O)n1. The van der Waals surface area contributed by atoms with Crippen LogP contribution < -0.4 is 4.72 Å². The van der Waals surface area contributed by atoms with Crippen LogP contribution in [0.15, 0.2) is 16.3 Å². The van der Waals surface area contributed by atoms with Crippen LogP contribution in [0.4, 0.5) is 5.95 Å². The molecule has 0 aromatic carbocycles. The van der Waals surface area contributed by atoms with E-state index >= 15 is 0 Å². The van der Waals surface area contributed by atoms with Crippen molar-refractivity contribution < 1.29 is 18.3 Å². The number of aromatic carboxylic acids is 1. The average molecular weight is 289 g/mol. The van der Waals surface area contributed by atoms with Gasteiger partial charge in [-0.25, -0.2) is 17.9 Å². The second-order valence-corrected chi connectivity index (χ2v) is 5.69. The van der Waals surface area contributed by atoms with Crippen LogP contribution in [-0.4, -0.2) is 39.7 Å². The summed E-state index contributed by atoms with van der Waals surface area (Å²) in [5.41, 5.74) is 0. The van der Waals surface area contributed by atoms with Gasteiger partial charge in [-0.1, -0.05) is 5.10 Å². The van der Waals surface area contributed by atoms with Gasteiger partial charge in [0.05, 0.1) is 7.05 Å². The van der Waals surface area contributed by atoms with E-state index in [1.54, 1.807) is 0 Å². The summed E-state index contributed by atoms with van der Waals surface area (Å²) in [4.78, 5) is 11.3. The van der Waals surface area contributed by atoms with Crippen LogP contribution in [0, 0.1) is 0 Å². The summed E-state index contributed by atoms with van der Waals surface area (Å²) in [5.74, 6) is -1.53. The molecule has 11 heteroatoms. The van der Waals surface area contributed by atoms with Gasteiger partial charge >= 0.3 is 5.97 Å². The van der Waals surface area contributed by atoms with Crippen LogP contribution >= 0.6 is 11.3 Å². The molecule has 2 aromatic rings. The van der Waals surface area contributed by atoms with E-state index in [0.717, 1.165) is 16.1 Å². The van der Waals surface area contributed by atoms with Crippen molar-refractivity contribution in [2.45, 2.75) is 4.90 Å². The predicted molar refractivity (Wildman–Crippen MR) is 60.9 cm³/mol. The zero-order chi connectivity index (χ0) is 13.3. The second-order valence-electron chi connectivity index (χ2n) is 3.13. The van der Waals surface area contributed by atoms with Crippen LogP contribution in [0.1, 0.15) is 9.67 Å². The molecule has 0 atom stereocenters. The number of nitrogens with one attached hydrogen (secondary N) is 1. The highest BCUT2D eigenvalue weighted by molar-refractivity contribution is 7.93. The smallest absolute Gasteiger partial charge is 0.347 e. The third-order valence-electron chi connectivity index (χ3n) is 1.85. The van der Waals surface area contributed by atoms with E-state index in [0.29, 0.717) is 0 Å². The molecule has 0 radical (unpaired) electrons. The summed E-state index contributed by atoms with van der Waals surface area (Å²) >= 11 is 0.820. The highest BCUT2D eigenvalue weighted by atomic mass is 32.2. The van der Waals surface area contributed by atoms with E-state index in [2.05, 4.69) is 15.4 Å². The molecule has 2 heterocycles. The third kappa shape index (κ3) is 2.31. The molecule has 0 aliphatic rings. The number of tetrazole rings is 1. The van der Waals surface area contributed by atoms with Crippen LogP contribution in [0.25, 0.3) is 0 Å². The lowest BCUT2D eigenvalue weighted by molar-refractivity contribution is 0.0698. The van der Waals surface area contributed by atoms with Crippen LogP contribution in [-0.2, 0) is 17.1 Å². The first-order chi connectivity index (χ1) is 8.40. The molecule has 0 fully saturated rings. The Morgan fingerprint density at radius 3 is 2.83 bits per heavy atom. The number of carboxylic acid groups (broad SMARTS) is 1. The van der Waals surface area contributed by atoms with Crippen LogP contribution in [0.2, 0.25) is 0 Å². The number of aryl methyl sites for hydroxylation is 1. The Hall–Kier alpha value is -2.01. The van der Waals surface area contributed by atoms with E-state index in [1.165, 1.54) is 18.5 Å². The van der Waals surface area contributed by atoms with Crippen molar-refractivity contribution in [3.8, 4) is 0 Å². The van der Waals surface area contributed by atoms with Gasteiger partial charge < -0.3 is 5.11 Å². The van der Waals surface area contributed by atoms with E-state index < -0.39 is 16.0 Å². The van der Waals surface area contributed by atoms with Crippen molar-refractivity contribution in [2.24, 2.45) is 7.05 Å². The van der Waals surface area contributed by atoms with E-state index in [1.807, 2.05) is 4.72 Å². The maximum Gasteiger partial charge on any atom is 0.347 e. The average Bonchev–Trinajstić information content (AvgIpc) is 2.86. The lowest BCUT2D eigenvalue weighted by Crippen LogP contribution is -2.16. The first-order valence-electron chi connectivity index (χ1n) is 4.48. The monoisotopic (exact) mass is 289 g/mol. The highest BCUT2D eigenvalue weighted by Gasteiger charge is 2.25. The van der Waals surface area contributed by atoms with Gasteiger partial charge in [0.1, 0.15) is 9.77 Å². The molecule has 0 aliphatic heterocycles. The molecule has 0 unspecified atom stereocenters. The molecule has 18 heavy (non-hydrogen) atoms. The quantitative estimate of drug-likeness (QED) is 0.795. The van der Waals surface area contributed by atoms with Gasteiger partial charge in [-0.15, -0.1) is 16.4 Å². The fourth-order valence-electron chi connectivity index (χ4n) is 1.17. The predicted octanol–water partition coefficient (Wildman–Crippen LogP) is -0.229. The molecule has 96 valence electrons. The van der Waals surface area contributed by atoms with Gasteiger partial charge in [-0.2, -0.15) is 4.80 Å². The number of nitrogens with zero attached hydrogens (tertiary/aromatic N) is 4. The number of hydrogen-bond donors (Lipinski definition) is 2. The van der Waals surface area contributed by atoms with Crippen molar-refractivity contribution >= 4 is 33.3 Å². The van der Waals surface area contributed by atoms with Crippen LogP contribution in [0.5, 0.6) is 0 Å². The van der Waals surface area contributed by atoms with E-state index in [9.17, 15) is 13.2 Å². The van der Waals surface area contributed by atoms with E-state index in [4.69, 9.17) is 5.11 Å². The number of sulfonamides is 1. The fraction of sp³-hybridized carbons (Fsp3) is 0.143. The lowest BCUT2D eigenvalue weighted by Gasteiger charge is -2.02. The second kappa shape index (κ2) is 4.34. The summed E-state index contributed by atoms with van der Waals surface area (Å²) in [5, 5.41) is 20.8. The minimum absolute atomic E-state index is 0.222. The molecule has 0 aliphatic carbocycles. The number of hydrogen-bond acceptors (Lipinski definition) is 7. The Kier molecular flexibility index (Phi) is 3.00. The molecular weight excluding hydrogens is 282 g/mol. The van der Waals surface area contributed by atoms with Crippen molar-refractivity contribution in [1.29, 1.82) is 0 Å². The molecule has 0 saturated heterocycles. The molecular formula is C7H7N5O4S2. The number of anilines is 1. The summed E-state index contributed by atoms with van der Waals surface area (Å²) in [6.07, 6.45) is 0. The van der Waals surface area contributed by atoms with Gasteiger partial charge in [0.25, 0.3) is 16.0 Å². The number of carboxylic acids is 1. The van der Waals surface area contributed by atoms with Gasteiger partial charge in [0.15, 0.2) is 0 Å². The Labute approximate surface area is 105 Å². The highest BCUT2D eigenvalue weighted by Crippen LogP contribution is 2.23. The maximum atomic E-state index is 11.9. The Morgan fingerprint density at radius 2 is 2.28 bits per heavy atom. The Balaban J connectivity index is 2.37. The third-order valence-corrected chi connectivity index (χ3v) is 4.25. The zero-order valence-corrected chi connectivity index (χ0v) is 10.6. The van der Waals surface area contributed by atoms with Gasteiger partial charge in [0, 0.05) is 0 Å². The van der Waals surface area contributed by atoms with Gasteiger partial charge in [-0.05, 0) is 16.7 Å². The lowest BCUT2D eigenvalue weighted by atomic mass is 10.5. The van der Waals surface area contributed by atoms with Crippen molar-refractivity contribution in [1.82, 2.24) is 20.2 Å². The summed E-state index contributed by atoms with van der Waals surface area (Å²) in [6, 6.07) is 1.20. The minimum atomic E-state index is -4.03. The molecule has 2 rings (SSSR count). The van der Waals surface area contributed by atoms with Crippen molar-refractivity contribution in [3.05, 3.63) is 16.3 Å². The zero-order valence-electron chi connectivity index (χ0n) is 8.93. The maximum absolute atomic E-state index is 11.9. The molecule has 0 bridgehead atoms.